The second kappa shape index (κ2) is 8.81. The lowest BCUT2D eigenvalue weighted by atomic mass is 9.96. The van der Waals surface area contributed by atoms with Gasteiger partial charge in [0.15, 0.2) is 0 Å². The molecule has 1 heterocycles. The van der Waals surface area contributed by atoms with Gasteiger partial charge < -0.3 is 15.0 Å². The highest BCUT2D eigenvalue weighted by molar-refractivity contribution is 5.94. The Morgan fingerprint density at radius 3 is 2.69 bits per heavy atom. The van der Waals surface area contributed by atoms with Gasteiger partial charge in [0.25, 0.3) is 5.91 Å². The van der Waals surface area contributed by atoms with Crippen LogP contribution in [0.5, 0.6) is 5.75 Å². The fourth-order valence-corrected chi connectivity index (χ4v) is 3.33. The third-order valence-corrected chi connectivity index (χ3v) is 4.77. The van der Waals surface area contributed by atoms with Crippen LogP contribution in [0, 0.1) is 11.7 Å². The zero-order chi connectivity index (χ0) is 18.4. The quantitative estimate of drug-likeness (QED) is 0.862. The molecule has 1 saturated heterocycles. The molecule has 0 radical (unpaired) electrons. The van der Waals surface area contributed by atoms with Gasteiger partial charge in [-0.2, -0.15) is 0 Å². The summed E-state index contributed by atoms with van der Waals surface area (Å²) in [7, 11) is 1.97. The molecule has 0 unspecified atom stereocenters. The van der Waals surface area contributed by atoms with Crippen LogP contribution in [-0.4, -0.2) is 37.5 Å². The molecule has 3 rings (SSSR count). The first-order valence-corrected chi connectivity index (χ1v) is 9.07. The van der Waals surface area contributed by atoms with Crippen molar-refractivity contribution in [2.75, 3.05) is 26.7 Å². The van der Waals surface area contributed by atoms with E-state index < -0.39 is 0 Å². The van der Waals surface area contributed by atoms with E-state index in [0.29, 0.717) is 23.8 Å². The summed E-state index contributed by atoms with van der Waals surface area (Å²) in [5.41, 5.74) is 1.57. The largest absolute Gasteiger partial charge is 0.489 e. The predicted octanol–water partition coefficient (Wildman–Crippen LogP) is 3.48. The van der Waals surface area contributed by atoms with Crippen molar-refractivity contribution in [3.05, 3.63) is 65.5 Å². The smallest absolute Gasteiger partial charge is 0.253 e. The van der Waals surface area contributed by atoms with Crippen LogP contribution in [0.1, 0.15) is 28.8 Å². The summed E-state index contributed by atoms with van der Waals surface area (Å²) in [5, 5.41) is 3.21. The standard InChI is InChI=1S/C21H25FN2O2/c1-23-14-16-8-10-24(11-9-16)21(25)18-5-2-4-17(12-18)15-26-20-7-3-6-19(22)13-20/h2-7,12-13,16,23H,8-11,14-15H2,1H3. The Kier molecular flexibility index (Phi) is 6.23. The number of hydrogen-bond acceptors (Lipinski definition) is 3. The Morgan fingerprint density at radius 1 is 1.19 bits per heavy atom. The normalized spacial score (nSPS) is 15.1. The Labute approximate surface area is 154 Å². The Balaban J connectivity index is 1.59. The number of piperidine rings is 1. The molecule has 1 fully saturated rings. The van der Waals surface area contributed by atoms with Gasteiger partial charge in [-0.05, 0) is 62.2 Å². The number of hydrogen-bond donors (Lipinski definition) is 1. The molecule has 1 amide bonds. The molecule has 26 heavy (non-hydrogen) atoms. The number of nitrogens with zero attached hydrogens (tertiary/aromatic N) is 1. The van der Waals surface area contributed by atoms with Gasteiger partial charge in [-0.1, -0.05) is 18.2 Å². The van der Waals surface area contributed by atoms with Crippen LogP contribution in [0.4, 0.5) is 4.39 Å². The van der Waals surface area contributed by atoms with Gasteiger partial charge in [0.1, 0.15) is 18.2 Å². The lowest BCUT2D eigenvalue weighted by Gasteiger charge is -2.32. The zero-order valence-corrected chi connectivity index (χ0v) is 15.1. The monoisotopic (exact) mass is 356 g/mol. The predicted molar refractivity (Wildman–Crippen MR) is 99.7 cm³/mol. The van der Waals surface area contributed by atoms with Crippen LogP contribution < -0.4 is 10.1 Å². The molecule has 2 aromatic rings. The lowest BCUT2D eigenvalue weighted by Crippen LogP contribution is -2.40. The Hall–Kier alpha value is -2.40. The first-order chi connectivity index (χ1) is 12.7. The summed E-state index contributed by atoms with van der Waals surface area (Å²) in [6, 6.07) is 13.5. The van der Waals surface area contributed by atoms with Gasteiger partial charge in [0, 0.05) is 24.7 Å². The second-order valence-corrected chi connectivity index (χ2v) is 6.74. The summed E-state index contributed by atoms with van der Waals surface area (Å²) in [5.74, 6) is 0.872. The third kappa shape index (κ3) is 4.82. The molecule has 0 spiro atoms. The molecule has 1 aliphatic heterocycles. The number of carbonyl (C=O) groups is 1. The SMILES string of the molecule is CNCC1CCN(C(=O)c2cccc(COc3cccc(F)c3)c2)CC1. The van der Waals surface area contributed by atoms with E-state index in [-0.39, 0.29) is 11.7 Å². The fraction of sp³-hybridized carbons (Fsp3) is 0.381. The highest BCUT2D eigenvalue weighted by atomic mass is 19.1. The zero-order valence-electron chi connectivity index (χ0n) is 15.1. The van der Waals surface area contributed by atoms with Gasteiger partial charge in [0.2, 0.25) is 0 Å². The minimum atomic E-state index is -0.326. The first kappa shape index (κ1) is 18.4. The van der Waals surface area contributed by atoms with E-state index >= 15 is 0 Å². The van der Waals surface area contributed by atoms with E-state index in [2.05, 4.69) is 5.32 Å². The summed E-state index contributed by atoms with van der Waals surface area (Å²) < 4.78 is 18.8. The van der Waals surface area contributed by atoms with Crippen molar-refractivity contribution in [2.45, 2.75) is 19.4 Å². The molecule has 0 bridgehead atoms. The maximum absolute atomic E-state index is 13.2. The van der Waals surface area contributed by atoms with Gasteiger partial charge >= 0.3 is 0 Å². The number of amides is 1. The molecule has 4 nitrogen and oxygen atoms in total. The number of rotatable bonds is 6. The summed E-state index contributed by atoms with van der Waals surface area (Å²) in [6.07, 6.45) is 2.07. The van der Waals surface area contributed by atoms with Crippen LogP contribution >= 0.6 is 0 Å². The average Bonchev–Trinajstić information content (AvgIpc) is 2.67. The molecule has 0 atom stereocenters. The maximum Gasteiger partial charge on any atom is 0.253 e. The number of likely N-dealkylation sites (tertiary alicyclic amines) is 1. The lowest BCUT2D eigenvalue weighted by molar-refractivity contribution is 0.0690. The summed E-state index contributed by atoms with van der Waals surface area (Å²) in [6.45, 7) is 2.91. The Bertz CT molecular complexity index is 742. The van der Waals surface area contributed by atoms with E-state index in [1.54, 1.807) is 12.1 Å². The van der Waals surface area contributed by atoms with E-state index in [0.717, 1.165) is 38.0 Å². The molecule has 2 aromatic carbocycles. The average molecular weight is 356 g/mol. The maximum atomic E-state index is 13.2. The molecular formula is C21H25FN2O2. The van der Waals surface area contributed by atoms with E-state index in [1.165, 1.54) is 12.1 Å². The molecule has 0 aromatic heterocycles. The van der Waals surface area contributed by atoms with Gasteiger partial charge in [0.05, 0.1) is 0 Å². The summed E-state index contributed by atoms with van der Waals surface area (Å²) >= 11 is 0. The molecule has 138 valence electrons. The van der Waals surface area contributed by atoms with Crippen molar-refractivity contribution < 1.29 is 13.9 Å². The number of carbonyl (C=O) groups excluding carboxylic acids is 1. The van der Waals surface area contributed by atoms with Crippen molar-refractivity contribution in [3.8, 4) is 5.75 Å². The van der Waals surface area contributed by atoms with Gasteiger partial charge in [-0.25, -0.2) is 4.39 Å². The highest BCUT2D eigenvalue weighted by Crippen LogP contribution is 2.20. The molecule has 0 aliphatic carbocycles. The molecule has 5 heteroatoms. The second-order valence-electron chi connectivity index (χ2n) is 6.74. The van der Waals surface area contributed by atoms with Crippen molar-refractivity contribution >= 4 is 5.91 Å². The number of benzene rings is 2. The van der Waals surface area contributed by atoms with E-state index in [4.69, 9.17) is 4.74 Å². The van der Waals surface area contributed by atoms with Crippen LogP contribution in [-0.2, 0) is 6.61 Å². The van der Waals surface area contributed by atoms with Crippen LogP contribution in [0.3, 0.4) is 0 Å². The van der Waals surface area contributed by atoms with Crippen LogP contribution in [0.25, 0.3) is 0 Å². The topological polar surface area (TPSA) is 41.6 Å². The van der Waals surface area contributed by atoms with Crippen LogP contribution in [0.2, 0.25) is 0 Å². The Morgan fingerprint density at radius 2 is 1.96 bits per heavy atom. The van der Waals surface area contributed by atoms with E-state index in [1.807, 2.05) is 36.2 Å². The van der Waals surface area contributed by atoms with E-state index in [9.17, 15) is 9.18 Å². The number of halogens is 1. The fourth-order valence-electron chi connectivity index (χ4n) is 3.33. The molecule has 0 saturated carbocycles. The van der Waals surface area contributed by atoms with Gasteiger partial charge in [-0.3, -0.25) is 4.79 Å². The third-order valence-electron chi connectivity index (χ3n) is 4.77. The van der Waals surface area contributed by atoms with Gasteiger partial charge in [-0.15, -0.1) is 0 Å². The first-order valence-electron chi connectivity index (χ1n) is 9.07. The molecule has 1 aliphatic rings. The molecule has 1 N–H and O–H groups in total. The van der Waals surface area contributed by atoms with Crippen molar-refractivity contribution in [1.29, 1.82) is 0 Å². The van der Waals surface area contributed by atoms with Crippen LogP contribution in [0.15, 0.2) is 48.5 Å². The minimum absolute atomic E-state index is 0.0699. The highest BCUT2D eigenvalue weighted by Gasteiger charge is 2.23. The summed E-state index contributed by atoms with van der Waals surface area (Å²) in [4.78, 5) is 14.7. The van der Waals surface area contributed by atoms with Crippen molar-refractivity contribution in [1.82, 2.24) is 10.2 Å². The molecular weight excluding hydrogens is 331 g/mol. The number of nitrogens with one attached hydrogen (secondary N) is 1. The minimum Gasteiger partial charge on any atom is -0.489 e. The van der Waals surface area contributed by atoms with Crippen molar-refractivity contribution in [3.63, 3.8) is 0 Å². The number of ether oxygens (including phenoxy) is 1. The van der Waals surface area contributed by atoms with Crippen molar-refractivity contribution in [2.24, 2.45) is 5.92 Å².